The molecule has 0 saturated heterocycles. The summed E-state index contributed by atoms with van der Waals surface area (Å²) in [6.07, 6.45) is 2.85. The van der Waals surface area contributed by atoms with Crippen LogP contribution in [0.4, 0.5) is 5.69 Å². The van der Waals surface area contributed by atoms with Crippen LogP contribution in [0.3, 0.4) is 0 Å². The van der Waals surface area contributed by atoms with Crippen molar-refractivity contribution in [3.63, 3.8) is 0 Å². The number of nitrogens with one attached hydrogen (secondary N) is 2. The van der Waals surface area contributed by atoms with E-state index in [-0.39, 0.29) is 12.7 Å². The van der Waals surface area contributed by atoms with Crippen molar-refractivity contribution < 1.29 is 19.2 Å². The van der Waals surface area contributed by atoms with E-state index in [4.69, 9.17) is 19.2 Å². The largest absolute Gasteiger partial charge is 0.489 e. The highest BCUT2D eigenvalue weighted by atomic mass is 32.2. The summed E-state index contributed by atoms with van der Waals surface area (Å²) in [5, 5.41) is 14.5. The molecule has 1 aliphatic rings. The van der Waals surface area contributed by atoms with E-state index in [0.717, 1.165) is 66.1 Å². The maximum atomic E-state index is 8.86. The van der Waals surface area contributed by atoms with Gasteiger partial charge in [-0.25, -0.2) is 5.48 Å². The number of hydrogen-bond donors (Lipinski definition) is 3. The van der Waals surface area contributed by atoms with E-state index < -0.39 is 0 Å². The maximum absolute atomic E-state index is 8.86. The summed E-state index contributed by atoms with van der Waals surface area (Å²) < 4.78 is 11.4. The Morgan fingerprint density at radius 2 is 1.97 bits per heavy atom. The van der Waals surface area contributed by atoms with E-state index in [1.807, 2.05) is 36.4 Å². The summed E-state index contributed by atoms with van der Waals surface area (Å²) in [7, 11) is 0. The Morgan fingerprint density at radius 3 is 2.87 bits per heavy atom. The van der Waals surface area contributed by atoms with Gasteiger partial charge in [-0.05, 0) is 60.3 Å². The van der Waals surface area contributed by atoms with Gasteiger partial charge in [0, 0.05) is 24.1 Å². The molecular formula is C23H26N2O4S. The lowest BCUT2D eigenvalue weighted by molar-refractivity contribution is -0.161. The first-order valence-electron chi connectivity index (χ1n) is 10.2. The minimum atomic E-state index is 0.132. The van der Waals surface area contributed by atoms with Crippen molar-refractivity contribution in [3.05, 3.63) is 66.2 Å². The van der Waals surface area contributed by atoms with Crippen molar-refractivity contribution in [1.29, 1.82) is 0 Å². The Morgan fingerprint density at radius 1 is 1.07 bits per heavy atom. The molecule has 3 aromatic rings. The van der Waals surface area contributed by atoms with Crippen LogP contribution in [0.5, 0.6) is 5.75 Å². The fraction of sp³-hybridized carbons (Fsp3) is 0.304. The number of fused-ring (bicyclic) bond motifs is 2. The lowest BCUT2D eigenvalue weighted by Gasteiger charge is -2.26. The minimum absolute atomic E-state index is 0.132. The second-order valence-electron chi connectivity index (χ2n) is 7.23. The molecular weight excluding hydrogens is 400 g/mol. The molecule has 7 heteroatoms. The summed E-state index contributed by atoms with van der Waals surface area (Å²) in [5.41, 5.74) is 4.77. The molecule has 0 bridgehead atoms. The lowest BCUT2D eigenvalue weighted by Crippen LogP contribution is -2.34. The van der Waals surface area contributed by atoms with Gasteiger partial charge in [0.2, 0.25) is 0 Å². The number of hydrogen-bond acceptors (Lipinski definition) is 7. The van der Waals surface area contributed by atoms with E-state index in [9.17, 15) is 0 Å². The number of anilines is 1. The van der Waals surface area contributed by atoms with Crippen LogP contribution in [0.1, 0.15) is 18.4 Å². The molecule has 1 unspecified atom stereocenters. The fourth-order valence-electron chi connectivity index (χ4n) is 3.44. The highest BCUT2D eigenvalue weighted by Gasteiger charge is 2.19. The highest BCUT2D eigenvalue weighted by Crippen LogP contribution is 2.31. The molecule has 1 aliphatic heterocycles. The molecule has 30 heavy (non-hydrogen) atoms. The zero-order valence-electron chi connectivity index (χ0n) is 16.7. The van der Waals surface area contributed by atoms with Crippen molar-refractivity contribution >= 4 is 28.5 Å². The van der Waals surface area contributed by atoms with Gasteiger partial charge in [0.25, 0.3) is 0 Å². The van der Waals surface area contributed by atoms with Crippen LogP contribution in [0, 0.1) is 0 Å². The summed E-state index contributed by atoms with van der Waals surface area (Å²) >= 11 is 1.15. The Bertz CT molecular complexity index is 969. The molecule has 0 amide bonds. The van der Waals surface area contributed by atoms with Gasteiger partial charge < -0.3 is 15.2 Å². The molecule has 0 aliphatic carbocycles. The predicted molar refractivity (Wildman–Crippen MR) is 119 cm³/mol. The van der Waals surface area contributed by atoms with Crippen LogP contribution in [0.2, 0.25) is 0 Å². The van der Waals surface area contributed by atoms with E-state index >= 15 is 0 Å². The SMILES string of the molecule is OCCCNCC1CCc2ccc(NOOSc3ccc4ccccc4c3)cc2O1. The van der Waals surface area contributed by atoms with E-state index in [0.29, 0.717) is 0 Å². The quantitative estimate of drug-likeness (QED) is 0.191. The van der Waals surface area contributed by atoms with Crippen LogP contribution in [-0.2, 0) is 15.7 Å². The van der Waals surface area contributed by atoms with Crippen molar-refractivity contribution in [2.75, 3.05) is 25.2 Å². The number of aryl methyl sites for hydroxylation is 1. The number of benzene rings is 3. The summed E-state index contributed by atoms with van der Waals surface area (Å²) in [4.78, 5) is 6.13. The van der Waals surface area contributed by atoms with E-state index in [1.165, 1.54) is 10.9 Å². The van der Waals surface area contributed by atoms with Gasteiger partial charge in [-0.3, -0.25) is 0 Å². The molecule has 3 aromatic carbocycles. The number of ether oxygens (including phenoxy) is 1. The highest BCUT2D eigenvalue weighted by molar-refractivity contribution is 7.94. The molecule has 0 spiro atoms. The van der Waals surface area contributed by atoms with Gasteiger partial charge >= 0.3 is 0 Å². The van der Waals surface area contributed by atoms with Gasteiger partial charge in [-0.2, -0.15) is 0 Å². The van der Waals surface area contributed by atoms with Gasteiger partial charge in [0.05, 0.1) is 17.7 Å². The number of aliphatic hydroxyl groups excluding tert-OH is 1. The van der Waals surface area contributed by atoms with Crippen LogP contribution >= 0.6 is 12.0 Å². The number of rotatable bonds is 10. The molecule has 0 radical (unpaired) electrons. The Balaban J connectivity index is 1.25. The third kappa shape index (κ3) is 5.65. The molecule has 0 aromatic heterocycles. The number of aliphatic hydroxyl groups is 1. The Hall–Kier alpha value is -2.29. The summed E-state index contributed by atoms with van der Waals surface area (Å²) in [6.45, 7) is 1.78. The van der Waals surface area contributed by atoms with Crippen molar-refractivity contribution in [3.8, 4) is 5.75 Å². The molecule has 1 atom stereocenters. The smallest absolute Gasteiger partial charge is 0.125 e. The van der Waals surface area contributed by atoms with Crippen LogP contribution in [0.25, 0.3) is 10.8 Å². The fourth-order valence-corrected chi connectivity index (χ4v) is 3.89. The zero-order chi connectivity index (χ0) is 20.6. The molecule has 4 rings (SSSR count). The topological polar surface area (TPSA) is 72.0 Å². The second-order valence-corrected chi connectivity index (χ2v) is 8.00. The summed E-state index contributed by atoms with van der Waals surface area (Å²) in [5.74, 6) is 0.867. The van der Waals surface area contributed by atoms with Gasteiger partial charge in [-0.15, -0.1) is 9.32 Å². The Kier molecular flexibility index (Phi) is 7.44. The Labute approximate surface area is 180 Å². The van der Waals surface area contributed by atoms with Gasteiger partial charge in [0.1, 0.15) is 11.9 Å². The van der Waals surface area contributed by atoms with E-state index in [2.05, 4.69) is 35.1 Å². The lowest BCUT2D eigenvalue weighted by atomic mass is 10.0. The average molecular weight is 427 g/mol. The first kappa shape index (κ1) is 21.0. The molecule has 6 nitrogen and oxygen atoms in total. The van der Waals surface area contributed by atoms with Crippen molar-refractivity contribution in [2.24, 2.45) is 0 Å². The molecule has 3 N–H and O–H groups in total. The van der Waals surface area contributed by atoms with E-state index in [1.54, 1.807) is 0 Å². The van der Waals surface area contributed by atoms with Gasteiger partial charge in [-0.1, -0.05) is 36.4 Å². The second kappa shape index (κ2) is 10.7. The molecule has 158 valence electrons. The maximum Gasteiger partial charge on any atom is 0.125 e. The average Bonchev–Trinajstić information content (AvgIpc) is 2.79. The molecule has 0 fully saturated rings. The normalized spacial score (nSPS) is 15.6. The predicted octanol–water partition coefficient (Wildman–Crippen LogP) is 4.49. The monoisotopic (exact) mass is 426 g/mol. The van der Waals surface area contributed by atoms with Crippen LogP contribution < -0.4 is 15.5 Å². The van der Waals surface area contributed by atoms with Gasteiger partial charge in [0.15, 0.2) is 0 Å². The minimum Gasteiger partial charge on any atom is -0.489 e. The van der Waals surface area contributed by atoms with Crippen LogP contribution in [0.15, 0.2) is 65.6 Å². The first-order chi connectivity index (χ1) is 14.8. The zero-order valence-corrected chi connectivity index (χ0v) is 17.5. The standard InChI is InChI=1S/C23H26N2O4S/c26-13-3-12-24-16-21-10-7-18-6-9-20(15-23(18)27-21)25-28-29-30-22-11-8-17-4-1-2-5-19(17)14-22/h1-2,4-6,8-9,11,14-15,21,24-26H,3,7,10,12-13,16H2. The van der Waals surface area contributed by atoms with Crippen molar-refractivity contribution in [1.82, 2.24) is 5.32 Å². The summed E-state index contributed by atoms with van der Waals surface area (Å²) in [6, 6.07) is 20.2. The van der Waals surface area contributed by atoms with Crippen LogP contribution in [-0.4, -0.2) is 30.9 Å². The third-order valence-electron chi connectivity index (χ3n) is 5.02. The van der Waals surface area contributed by atoms with Crippen molar-refractivity contribution in [2.45, 2.75) is 30.3 Å². The third-order valence-corrected chi connectivity index (χ3v) is 5.61. The molecule has 1 heterocycles. The first-order valence-corrected chi connectivity index (χ1v) is 10.9. The molecule has 0 saturated carbocycles.